The summed E-state index contributed by atoms with van der Waals surface area (Å²) in [5, 5.41) is 68.5. The number of oxime groups is 1. The Bertz CT molecular complexity index is 1980. The van der Waals surface area contributed by atoms with Crippen LogP contribution in [0.2, 0.25) is 0 Å². The van der Waals surface area contributed by atoms with Gasteiger partial charge in [0.2, 0.25) is 5.91 Å². The van der Waals surface area contributed by atoms with Gasteiger partial charge in [-0.05, 0) is 123 Å². The summed E-state index contributed by atoms with van der Waals surface area (Å²) in [6.07, 6.45) is 2.27. The highest BCUT2D eigenvalue weighted by molar-refractivity contribution is 5.78. The summed E-state index contributed by atoms with van der Waals surface area (Å²) in [4.78, 5) is 42.1. The number of carbonyl (C=O) groups excluding carboxylic acids is 3. The maximum absolute atomic E-state index is 13.7. The molecule has 17 atom stereocenters. The number of rotatable bonds is 13. The van der Waals surface area contributed by atoms with Crippen LogP contribution in [-0.2, 0) is 33.3 Å². The predicted octanol–water partition coefficient (Wildman–Crippen LogP) is 5.81. The fourth-order valence-electron chi connectivity index (χ4n) is 10.9. The van der Waals surface area contributed by atoms with Gasteiger partial charge in [-0.3, -0.25) is 14.6 Å². The molecule has 0 unspecified atom stereocenters. The smallest absolute Gasteiger partial charge is 0.311 e. The highest BCUT2D eigenvalue weighted by Gasteiger charge is 2.46. The molecular weight excluding hydrogens is 958 g/mol. The van der Waals surface area contributed by atoms with Crippen LogP contribution in [0.5, 0.6) is 0 Å². The Morgan fingerprint density at radius 1 is 0.973 bits per heavy atom. The summed E-state index contributed by atoms with van der Waals surface area (Å²) >= 11 is 0. The van der Waals surface area contributed by atoms with Crippen LogP contribution in [0.1, 0.15) is 138 Å². The minimum atomic E-state index is -1.65. The highest BCUT2D eigenvalue weighted by Crippen LogP contribution is 2.36. The number of likely N-dealkylation sites (N-methyl/N-ethyl adjacent to an activating group) is 1. The molecule has 18 nitrogen and oxygen atoms in total. The second kappa shape index (κ2) is 30.1. The Morgan fingerprint density at radius 2 is 1.61 bits per heavy atom. The van der Waals surface area contributed by atoms with Gasteiger partial charge in [0.1, 0.15) is 37.4 Å². The van der Waals surface area contributed by atoms with E-state index in [-0.39, 0.29) is 48.5 Å². The number of pyridine rings is 1. The van der Waals surface area contributed by atoms with Crippen molar-refractivity contribution in [2.45, 2.75) is 199 Å². The fourth-order valence-corrected chi connectivity index (χ4v) is 10.9. The van der Waals surface area contributed by atoms with Crippen LogP contribution < -0.4 is 5.32 Å². The molecule has 1 aromatic heterocycles. The first kappa shape index (κ1) is 64.3. The lowest BCUT2D eigenvalue weighted by Gasteiger charge is -2.42. The lowest BCUT2D eigenvalue weighted by molar-refractivity contribution is -0.241. The van der Waals surface area contributed by atoms with Crippen LogP contribution in [0.25, 0.3) is 11.1 Å². The third kappa shape index (κ3) is 19.2. The molecule has 2 aromatic rings. The Kier molecular flexibility index (Phi) is 26.1. The first-order chi connectivity index (χ1) is 34.8. The van der Waals surface area contributed by atoms with E-state index in [9.17, 15) is 39.5 Å². The minimum Gasteiger partial charge on any atom is -0.459 e. The predicted molar refractivity (Wildman–Crippen MR) is 280 cm³/mol. The van der Waals surface area contributed by atoms with E-state index in [1.807, 2.05) is 78.3 Å². The van der Waals surface area contributed by atoms with Crippen LogP contribution in [0.3, 0.4) is 0 Å². The number of halogens is 1. The van der Waals surface area contributed by atoms with Gasteiger partial charge in [0.25, 0.3) is 0 Å². The molecule has 4 heterocycles. The molecule has 5 rings (SSSR count). The number of hydrogen-bond acceptors (Lipinski definition) is 17. The Labute approximate surface area is 439 Å². The van der Waals surface area contributed by atoms with E-state index in [4.69, 9.17) is 28.9 Å². The van der Waals surface area contributed by atoms with Crippen LogP contribution in [0, 0.1) is 23.7 Å². The molecule has 3 aliphatic rings. The molecule has 0 bridgehead atoms. The summed E-state index contributed by atoms with van der Waals surface area (Å²) in [7, 11) is 3.79. The average Bonchev–Trinajstić information content (AvgIpc) is 3.34. The normalized spacial score (nSPS) is 34.6. The third-order valence-corrected chi connectivity index (χ3v) is 14.9. The quantitative estimate of drug-likeness (QED) is 0.0541. The van der Waals surface area contributed by atoms with Crippen LogP contribution >= 0.6 is 0 Å². The van der Waals surface area contributed by atoms with Gasteiger partial charge in [-0.25, -0.2) is 4.39 Å². The number of hydrogen-bond donors (Lipinski definition) is 7. The maximum atomic E-state index is 13.7. The average molecular weight is 1050 g/mol. The molecule has 0 aliphatic carbocycles. The van der Waals surface area contributed by atoms with Gasteiger partial charge in [-0.15, -0.1) is 0 Å². The van der Waals surface area contributed by atoms with Crippen molar-refractivity contribution >= 4 is 24.9 Å². The van der Waals surface area contributed by atoms with Crippen LogP contribution in [0.4, 0.5) is 4.39 Å². The minimum absolute atomic E-state index is 0.0613. The van der Waals surface area contributed by atoms with E-state index in [0.29, 0.717) is 55.9 Å². The molecule has 420 valence electrons. The summed E-state index contributed by atoms with van der Waals surface area (Å²) in [6, 6.07) is 9.09. The molecule has 3 fully saturated rings. The van der Waals surface area contributed by atoms with Gasteiger partial charge in [-0.2, -0.15) is 0 Å². The molecule has 3 saturated heterocycles. The fraction of sp³-hybridized carbons (Fsp3) is 0.727. The molecule has 3 aliphatic heterocycles. The first-order valence-corrected chi connectivity index (χ1v) is 26.2. The van der Waals surface area contributed by atoms with E-state index >= 15 is 0 Å². The summed E-state index contributed by atoms with van der Waals surface area (Å²) in [5.41, 5.74) is 0.0426. The maximum Gasteiger partial charge on any atom is 0.311 e. The van der Waals surface area contributed by atoms with Crippen molar-refractivity contribution in [3.63, 3.8) is 0 Å². The van der Waals surface area contributed by atoms with Gasteiger partial charge in [0, 0.05) is 56.2 Å². The monoisotopic (exact) mass is 1050 g/mol. The Balaban J connectivity index is 0.000000378. The van der Waals surface area contributed by atoms with Gasteiger partial charge in [-0.1, -0.05) is 63.2 Å². The standard InChI is InChI=1S/C29H55NO7.C25H33FN4O5.CH2O/c1-11-23-29(9,34)26(31)22(7)30(10)16-18(3)14-28(8,33)15-19(4)25(21(6)27(32)36-23)37-24-13-17(2)12-20(5)35-24;1-16-11-21(12-24(32)35-16)30(2)10-9-23(31)29-22(13-26)25(33)18-5-3-17(4-6-18)19-7-8-20(15-28-34)27-14-19;1-2/h17-26,31,33-34H,11-16H2,1-10H3;3-8,14-16,21-22,24-25,32-34H,9-13H2,1-2H3,(H,29,31);1H2/b;28-15+;/t17-,18-,19-,20+,21-,22-,23-,24+,25+,26-,28-,29-;16-,21+,22-,24-,25-;/m11./s1. The van der Waals surface area contributed by atoms with E-state index in [2.05, 4.69) is 29.3 Å². The van der Waals surface area contributed by atoms with Crippen LogP contribution in [0.15, 0.2) is 47.8 Å². The van der Waals surface area contributed by atoms with Gasteiger partial charge in [0.05, 0.1) is 47.8 Å². The molecule has 0 radical (unpaired) electrons. The molecular formula is C55H90FN5O13. The number of aliphatic hydroxyl groups excluding tert-OH is 3. The molecule has 0 spiro atoms. The molecule has 7 N–H and O–H groups in total. The number of ether oxygens (including phenoxy) is 4. The Morgan fingerprint density at radius 3 is 2.18 bits per heavy atom. The van der Waals surface area contributed by atoms with Crippen molar-refractivity contribution in [1.29, 1.82) is 0 Å². The number of aliphatic hydroxyl groups is 5. The van der Waals surface area contributed by atoms with Crippen molar-refractivity contribution in [2.75, 3.05) is 33.9 Å². The number of alkyl halides is 1. The second-order valence-electron chi connectivity index (χ2n) is 21.9. The zero-order valence-corrected chi connectivity index (χ0v) is 46.0. The first-order valence-electron chi connectivity index (χ1n) is 26.2. The van der Waals surface area contributed by atoms with Crippen molar-refractivity contribution < 1.29 is 68.5 Å². The summed E-state index contributed by atoms with van der Waals surface area (Å²) in [5.74, 6) is -1.08. The number of carbonyl (C=O) groups is 3. The second-order valence-corrected chi connectivity index (χ2v) is 21.9. The Hall–Kier alpha value is -4.02. The summed E-state index contributed by atoms with van der Waals surface area (Å²) < 4.78 is 37.5. The van der Waals surface area contributed by atoms with E-state index < -0.39 is 72.8 Å². The zero-order valence-electron chi connectivity index (χ0n) is 46.0. The SMILES string of the molecule is C=O.CC[C@H]1OC(=O)[C@H](C)[C@@H](O[C@H]2C[C@H](C)C[C@H](C)O2)[C@H](C)C[C@](C)(O)C[C@@H](C)CN(C)[C@H](C)[C@@H](O)[C@]1(C)O.C[C@@H]1C[C@H](N(C)CCC(=O)N[C@H](CF)[C@H](O)c2ccc(-c3ccc(/C=N/O)nc3)cc2)C[C@H](O)O1. The van der Waals surface area contributed by atoms with Crippen LogP contribution in [-0.4, -0.2) is 177 Å². The van der Waals surface area contributed by atoms with Gasteiger partial charge in [0.15, 0.2) is 12.6 Å². The molecule has 19 heteroatoms. The number of nitrogens with zero attached hydrogens (tertiary/aromatic N) is 4. The summed E-state index contributed by atoms with van der Waals surface area (Å²) in [6.45, 7) is 21.2. The third-order valence-electron chi connectivity index (χ3n) is 14.9. The van der Waals surface area contributed by atoms with Gasteiger partial charge < -0.3 is 69.6 Å². The molecule has 0 saturated carbocycles. The number of cyclic esters (lactones) is 1. The molecule has 1 amide bonds. The van der Waals surface area contributed by atoms with E-state index in [0.717, 1.165) is 30.4 Å². The number of amides is 1. The number of esters is 1. The largest absolute Gasteiger partial charge is 0.459 e. The number of nitrogens with one attached hydrogen (secondary N) is 1. The lowest BCUT2D eigenvalue weighted by atomic mass is 9.80. The number of aromatic nitrogens is 1. The highest BCUT2D eigenvalue weighted by atomic mass is 19.1. The topological polar surface area (TPSA) is 253 Å². The van der Waals surface area contributed by atoms with E-state index in [1.54, 1.807) is 43.5 Å². The molecule has 74 heavy (non-hydrogen) atoms. The van der Waals surface area contributed by atoms with Crippen molar-refractivity contribution in [1.82, 2.24) is 20.1 Å². The zero-order chi connectivity index (χ0) is 55.7. The van der Waals surface area contributed by atoms with Crippen molar-refractivity contribution in [3.05, 3.63) is 53.9 Å². The van der Waals surface area contributed by atoms with Crippen molar-refractivity contribution in [3.8, 4) is 11.1 Å². The van der Waals surface area contributed by atoms with Gasteiger partial charge >= 0.3 is 5.97 Å². The van der Waals surface area contributed by atoms with E-state index in [1.165, 1.54) is 13.1 Å². The lowest BCUT2D eigenvalue weighted by Crippen LogP contribution is -2.59. The number of benzene rings is 1. The van der Waals surface area contributed by atoms with Crippen molar-refractivity contribution in [2.24, 2.45) is 28.8 Å². The molecule has 1 aromatic carbocycles.